The Hall–Kier alpha value is -2.12. The van der Waals surface area contributed by atoms with E-state index in [4.69, 9.17) is 28.4 Å². The molecule has 0 aromatic heterocycles. The highest BCUT2D eigenvalue weighted by atomic mass is 16.7. The number of ether oxygens (including phenoxy) is 6. The van der Waals surface area contributed by atoms with Crippen LogP contribution in [-0.4, -0.2) is 50.2 Å². The molecule has 6 atom stereocenters. The molecule has 6 heteroatoms. The van der Waals surface area contributed by atoms with Crippen molar-refractivity contribution in [3.63, 3.8) is 0 Å². The lowest BCUT2D eigenvalue weighted by atomic mass is 9.76. The lowest BCUT2D eigenvalue weighted by Gasteiger charge is -2.29. The van der Waals surface area contributed by atoms with Crippen molar-refractivity contribution in [1.29, 1.82) is 0 Å². The maximum absolute atomic E-state index is 5.91. The minimum absolute atomic E-state index is 0.222. The molecule has 196 valence electrons. The Balaban J connectivity index is 1.04. The first-order chi connectivity index (χ1) is 17.4. The Labute approximate surface area is 215 Å². The van der Waals surface area contributed by atoms with E-state index in [0.717, 1.165) is 11.5 Å². The van der Waals surface area contributed by atoms with E-state index in [1.807, 2.05) is 13.8 Å². The van der Waals surface area contributed by atoms with Gasteiger partial charge in [-0.3, -0.25) is 0 Å². The molecule has 2 saturated heterocycles. The second-order valence-electron chi connectivity index (χ2n) is 10.5. The Morgan fingerprint density at radius 2 is 0.972 bits per heavy atom. The highest BCUT2D eigenvalue weighted by molar-refractivity contribution is 5.32. The summed E-state index contributed by atoms with van der Waals surface area (Å²) in [5.41, 5.74) is 2.80. The van der Waals surface area contributed by atoms with Crippen LogP contribution in [0.1, 0.15) is 76.3 Å². The molecule has 0 N–H and O–H groups in total. The topological polar surface area (TPSA) is 62.0 Å². The van der Waals surface area contributed by atoms with Gasteiger partial charge in [-0.1, -0.05) is 24.3 Å². The predicted octanol–water partition coefficient (Wildman–Crippen LogP) is 6.19. The molecule has 2 aromatic carbocycles. The molecule has 2 heterocycles. The van der Waals surface area contributed by atoms with Crippen LogP contribution in [0, 0.1) is 0 Å². The van der Waals surface area contributed by atoms with Gasteiger partial charge in [-0.05, 0) is 101 Å². The van der Waals surface area contributed by atoms with Crippen molar-refractivity contribution in [2.75, 3.05) is 13.2 Å². The van der Waals surface area contributed by atoms with E-state index < -0.39 is 0 Å². The van der Waals surface area contributed by atoms with Crippen LogP contribution >= 0.6 is 0 Å². The van der Waals surface area contributed by atoms with Gasteiger partial charge >= 0.3 is 0 Å². The first-order valence-corrected chi connectivity index (χ1v) is 13.5. The van der Waals surface area contributed by atoms with E-state index in [1.165, 1.54) is 36.8 Å². The van der Waals surface area contributed by atoms with E-state index in [2.05, 4.69) is 62.4 Å². The molecule has 1 saturated carbocycles. The van der Waals surface area contributed by atoms with Crippen LogP contribution in [0.4, 0.5) is 0 Å². The highest BCUT2D eigenvalue weighted by Crippen LogP contribution is 2.41. The summed E-state index contributed by atoms with van der Waals surface area (Å²) < 4.78 is 34.0. The molecule has 0 amide bonds. The number of hydrogen-bond donors (Lipinski definition) is 0. The second-order valence-corrected chi connectivity index (χ2v) is 10.5. The van der Waals surface area contributed by atoms with E-state index in [-0.39, 0.29) is 24.8 Å². The van der Waals surface area contributed by atoms with Crippen molar-refractivity contribution in [2.24, 2.45) is 0 Å². The number of rotatable bonds is 12. The zero-order chi connectivity index (χ0) is 25.1. The minimum atomic E-state index is -0.281. The molecule has 5 rings (SSSR count). The van der Waals surface area contributed by atoms with Crippen LogP contribution in [0.3, 0.4) is 0 Å². The Kier molecular flexibility index (Phi) is 8.16. The van der Waals surface area contributed by atoms with Crippen molar-refractivity contribution in [3.05, 3.63) is 59.7 Å². The van der Waals surface area contributed by atoms with Crippen LogP contribution in [0.2, 0.25) is 0 Å². The average Bonchev–Trinajstić information content (AvgIpc) is 3.80. The largest absolute Gasteiger partial charge is 0.465 e. The second kappa shape index (κ2) is 11.5. The van der Waals surface area contributed by atoms with Crippen LogP contribution in [0.15, 0.2) is 48.5 Å². The third-order valence-corrected chi connectivity index (χ3v) is 7.70. The Morgan fingerprint density at radius 3 is 1.28 bits per heavy atom. The SMILES string of the molecule is CC(OCC1OC1C)Oc1ccc(C2CCC(c3ccc(OC(C)OCC4OC4C)cc3)CC2)cc1. The average molecular weight is 497 g/mol. The van der Waals surface area contributed by atoms with Crippen LogP contribution in [-0.2, 0) is 18.9 Å². The maximum atomic E-state index is 5.91. The fourth-order valence-corrected chi connectivity index (χ4v) is 5.12. The van der Waals surface area contributed by atoms with Crippen molar-refractivity contribution in [3.8, 4) is 11.5 Å². The third kappa shape index (κ3) is 7.00. The molecular formula is C30H40O6. The van der Waals surface area contributed by atoms with Gasteiger partial charge in [0, 0.05) is 0 Å². The monoisotopic (exact) mass is 496 g/mol. The summed E-state index contributed by atoms with van der Waals surface area (Å²) in [5, 5.41) is 0. The van der Waals surface area contributed by atoms with E-state index in [0.29, 0.717) is 37.3 Å². The standard InChI is InChI=1S/C30H40O6/c1-19-29(33-19)17-31-21(3)35-27-13-9-25(10-14-27)23-5-7-24(8-6-23)26-11-15-28(16-12-26)36-22(4)32-18-30-20(2)34-30/h9-16,19-24,29-30H,5-8,17-18H2,1-4H3. The van der Waals surface area contributed by atoms with E-state index in [1.54, 1.807) is 0 Å². The van der Waals surface area contributed by atoms with Crippen LogP contribution in [0.5, 0.6) is 11.5 Å². The van der Waals surface area contributed by atoms with Gasteiger partial charge < -0.3 is 28.4 Å². The lowest BCUT2D eigenvalue weighted by molar-refractivity contribution is -0.0712. The zero-order valence-corrected chi connectivity index (χ0v) is 21.9. The third-order valence-electron chi connectivity index (χ3n) is 7.70. The molecule has 2 aromatic rings. The maximum Gasteiger partial charge on any atom is 0.197 e. The van der Waals surface area contributed by atoms with Gasteiger partial charge in [0.1, 0.15) is 23.7 Å². The van der Waals surface area contributed by atoms with Gasteiger partial charge in [0.25, 0.3) is 0 Å². The fraction of sp³-hybridized carbons (Fsp3) is 0.600. The molecule has 0 radical (unpaired) electrons. The summed E-state index contributed by atoms with van der Waals surface area (Å²) in [5.74, 6) is 2.91. The fourth-order valence-electron chi connectivity index (χ4n) is 5.12. The van der Waals surface area contributed by atoms with Gasteiger partial charge in [-0.25, -0.2) is 0 Å². The van der Waals surface area contributed by atoms with Crippen LogP contribution in [0.25, 0.3) is 0 Å². The quantitative estimate of drug-likeness (QED) is 0.258. The van der Waals surface area contributed by atoms with Crippen molar-refractivity contribution in [2.45, 2.75) is 102 Å². The van der Waals surface area contributed by atoms with E-state index in [9.17, 15) is 0 Å². The minimum Gasteiger partial charge on any atom is -0.465 e. The van der Waals surface area contributed by atoms with Gasteiger partial charge in [-0.15, -0.1) is 0 Å². The molecule has 3 fully saturated rings. The molecule has 0 bridgehead atoms. The van der Waals surface area contributed by atoms with Crippen molar-refractivity contribution >= 4 is 0 Å². The highest BCUT2D eigenvalue weighted by Gasteiger charge is 2.35. The van der Waals surface area contributed by atoms with Gasteiger partial charge in [0.2, 0.25) is 0 Å². The van der Waals surface area contributed by atoms with E-state index >= 15 is 0 Å². The molecule has 2 aliphatic heterocycles. The van der Waals surface area contributed by atoms with Crippen molar-refractivity contribution < 1.29 is 28.4 Å². The lowest BCUT2D eigenvalue weighted by Crippen LogP contribution is -2.19. The van der Waals surface area contributed by atoms with Gasteiger partial charge in [-0.2, -0.15) is 0 Å². The molecule has 36 heavy (non-hydrogen) atoms. The molecule has 0 spiro atoms. The van der Waals surface area contributed by atoms with Crippen LogP contribution < -0.4 is 9.47 Å². The molecule has 3 aliphatic rings. The number of epoxide rings is 2. The summed E-state index contributed by atoms with van der Waals surface area (Å²) in [6, 6.07) is 17.1. The summed E-state index contributed by atoms with van der Waals surface area (Å²) in [6.07, 6.45) is 5.32. The predicted molar refractivity (Wildman–Crippen MR) is 138 cm³/mol. The van der Waals surface area contributed by atoms with Gasteiger partial charge in [0.05, 0.1) is 25.4 Å². The zero-order valence-electron chi connectivity index (χ0n) is 21.9. The molecule has 6 nitrogen and oxygen atoms in total. The first-order valence-electron chi connectivity index (χ1n) is 13.5. The molecule has 6 unspecified atom stereocenters. The summed E-state index contributed by atoms with van der Waals surface area (Å²) in [7, 11) is 0. The first kappa shape index (κ1) is 25.5. The van der Waals surface area contributed by atoms with Crippen molar-refractivity contribution in [1.82, 2.24) is 0 Å². The number of benzene rings is 2. The Morgan fingerprint density at radius 1 is 0.639 bits per heavy atom. The summed E-state index contributed by atoms with van der Waals surface area (Å²) >= 11 is 0. The normalized spacial score (nSPS) is 30.9. The number of hydrogen-bond acceptors (Lipinski definition) is 6. The smallest absolute Gasteiger partial charge is 0.197 e. The summed E-state index contributed by atoms with van der Waals surface area (Å²) in [6.45, 7) is 9.15. The van der Waals surface area contributed by atoms with Gasteiger partial charge in [0.15, 0.2) is 12.6 Å². The molecule has 1 aliphatic carbocycles. The summed E-state index contributed by atoms with van der Waals surface area (Å²) in [4.78, 5) is 0. The molecular weight excluding hydrogens is 456 g/mol. The Bertz CT molecular complexity index is 873.